The van der Waals surface area contributed by atoms with Crippen molar-refractivity contribution in [1.29, 1.82) is 0 Å². The molecule has 1 heterocycles. The second-order valence-electron chi connectivity index (χ2n) is 5.91. The van der Waals surface area contributed by atoms with Gasteiger partial charge in [0.25, 0.3) is 0 Å². The van der Waals surface area contributed by atoms with Crippen LogP contribution in [0.5, 0.6) is 0 Å². The molecule has 1 unspecified atom stereocenters. The van der Waals surface area contributed by atoms with Crippen molar-refractivity contribution in [3.05, 3.63) is 65.2 Å². The van der Waals surface area contributed by atoms with Crippen molar-refractivity contribution in [3.8, 4) is 0 Å². The molecule has 2 aromatic carbocycles. The van der Waals surface area contributed by atoms with E-state index in [1.165, 1.54) is 11.1 Å². The zero-order valence-corrected chi connectivity index (χ0v) is 13.0. The highest BCUT2D eigenvalue weighted by molar-refractivity contribution is 5.77. The smallest absolute Gasteiger partial charge is 0.223 e. The second kappa shape index (κ2) is 6.22. The van der Waals surface area contributed by atoms with Crippen LogP contribution in [0.4, 0.5) is 5.69 Å². The van der Waals surface area contributed by atoms with Crippen LogP contribution in [-0.4, -0.2) is 17.4 Å². The van der Waals surface area contributed by atoms with Crippen molar-refractivity contribution in [3.63, 3.8) is 0 Å². The van der Waals surface area contributed by atoms with Crippen molar-refractivity contribution in [2.45, 2.75) is 32.2 Å². The fourth-order valence-electron chi connectivity index (χ4n) is 3.26. The van der Waals surface area contributed by atoms with Crippen LogP contribution in [0, 0.1) is 0 Å². The Morgan fingerprint density at radius 1 is 1.18 bits per heavy atom. The van der Waals surface area contributed by atoms with Gasteiger partial charge in [0.15, 0.2) is 0 Å². The SMILES string of the molecule is CC1c2ccccc2CCN1C(=O)CCc1ccccc1N. The summed E-state index contributed by atoms with van der Waals surface area (Å²) in [5, 5.41) is 0. The third kappa shape index (κ3) is 2.84. The minimum Gasteiger partial charge on any atom is -0.399 e. The number of para-hydroxylation sites is 1. The number of rotatable bonds is 3. The lowest BCUT2D eigenvalue weighted by atomic mass is 9.93. The van der Waals surface area contributed by atoms with Gasteiger partial charge in [-0.05, 0) is 42.5 Å². The van der Waals surface area contributed by atoms with Crippen molar-refractivity contribution >= 4 is 11.6 Å². The number of nitrogens with two attached hydrogens (primary N) is 1. The van der Waals surface area contributed by atoms with E-state index in [1.807, 2.05) is 35.2 Å². The van der Waals surface area contributed by atoms with Gasteiger partial charge in [-0.15, -0.1) is 0 Å². The van der Waals surface area contributed by atoms with Crippen molar-refractivity contribution < 1.29 is 4.79 Å². The van der Waals surface area contributed by atoms with Crippen LogP contribution >= 0.6 is 0 Å². The fraction of sp³-hybridized carbons (Fsp3) is 0.316. The summed E-state index contributed by atoms with van der Waals surface area (Å²) in [6.45, 7) is 2.92. The molecule has 1 aliphatic rings. The molecule has 1 amide bonds. The van der Waals surface area contributed by atoms with E-state index < -0.39 is 0 Å². The Morgan fingerprint density at radius 3 is 2.73 bits per heavy atom. The van der Waals surface area contributed by atoms with E-state index in [2.05, 4.69) is 25.1 Å². The van der Waals surface area contributed by atoms with Crippen LogP contribution < -0.4 is 5.73 Å². The fourth-order valence-corrected chi connectivity index (χ4v) is 3.26. The van der Waals surface area contributed by atoms with Crippen LogP contribution in [0.25, 0.3) is 0 Å². The Bertz CT molecular complexity index is 681. The number of amides is 1. The summed E-state index contributed by atoms with van der Waals surface area (Å²) < 4.78 is 0. The van der Waals surface area contributed by atoms with Gasteiger partial charge < -0.3 is 10.6 Å². The quantitative estimate of drug-likeness (QED) is 0.882. The largest absolute Gasteiger partial charge is 0.399 e. The van der Waals surface area contributed by atoms with Gasteiger partial charge in [-0.1, -0.05) is 42.5 Å². The maximum absolute atomic E-state index is 12.6. The van der Waals surface area contributed by atoms with Gasteiger partial charge in [0.2, 0.25) is 5.91 Å². The van der Waals surface area contributed by atoms with Gasteiger partial charge in [0.05, 0.1) is 6.04 Å². The minimum atomic E-state index is 0.158. The molecule has 1 atom stereocenters. The van der Waals surface area contributed by atoms with Crippen LogP contribution in [0.2, 0.25) is 0 Å². The molecule has 2 aromatic rings. The Labute approximate surface area is 131 Å². The zero-order chi connectivity index (χ0) is 15.5. The average molecular weight is 294 g/mol. The van der Waals surface area contributed by atoms with E-state index in [0.717, 1.165) is 24.2 Å². The molecule has 0 saturated heterocycles. The third-order valence-corrected chi connectivity index (χ3v) is 4.58. The minimum absolute atomic E-state index is 0.158. The lowest BCUT2D eigenvalue weighted by Crippen LogP contribution is -2.38. The molecule has 0 saturated carbocycles. The van der Waals surface area contributed by atoms with E-state index in [4.69, 9.17) is 5.73 Å². The normalized spacial score (nSPS) is 17.1. The molecule has 0 aliphatic carbocycles. The first-order valence-corrected chi connectivity index (χ1v) is 7.87. The van der Waals surface area contributed by atoms with E-state index in [9.17, 15) is 4.79 Å². The molecule has 0 aromatic heterocycles. The summed E-state index contributed by atoms with van der Waals surface area (Å²) in [7, 11) is 0. The van der Waals surface area contributed by atoms with E-state index in [0.29, 0.717) is 12.8 Å². The first kappa shape index (κ1) is 14.6. The maximum atomic E-state index is 12.6. The van der Waals surface area contributed by atoms with Gasteiger partial charge in [0, 0.05) is 18.7 Å². The summed E-state index contributed by atoms with van der Waals surface area (Å²) in [6.07, 6.45) is 2.16. The Balaban J connectivity index is 1.68. The van der Waals surface area contributed by atoms with Gasteiger partial charge in [-0.3, -0.25) is 4.79 Å². The van der Waals surface area contributed by atoms with Crippen molar-refractivity contribution in [2.75, 3.05) is 12.3 Å². The molecule has 1 aliphatic heterocycles. The molecule has 3 heteroatoms. The summed E-state index contributed by atoms with van der Waals surface area (Å²) in [6, 6.07) is 16.4. The number of carbonyl (C=O) groups is 1. The predicted octanol–water partition coefficient (Wildman–Crippen LogP) is 3.35. The standard InChI is InChI=1S/C19H22N2O/c1-14-17-8-4-2-6-15(17)12-13-21(14)19(22)11-10-16-7-3-5-9-18(16)20/h2-9,14H,10-13,20H2,1H3. The number of anilines is 1. The number of nitrogen functional groups attached to an aromatic ring is 1. The highest BCUT2D eigenvalue weighted by Gasteiger charge is 2.26. The predicted molar refractivity (Wildman–Crippen MR) is 89.4 cm³/mol. The highest BCUT2D eigenvalue weighted by atomic mass is 16.2. The molecule has 2 N–H and O–H groups in total. The van der Waals surface area contributed by atoms with E-state index >= 15 is 0 Å². The number of hydrogen-bond acceptors (Lipinski definition) is 2. The first-order valence-electron chi connectivity index (χ1n) is 7.87. The third-order valence-electron chi connectivity index (χ3n) is 4.58. The first-order chi connectivity index (χ1) is 10.7. The van der Waals surface area contributed by atoms with Crippen molar-refractivity contribution in [1.82, 2.24) is 4.90 Å². The molecule has 3 rings (SSSR count). The number of fused-ring (bicyclic) bond motifs is 1. The van der Waals surface area contributed by atoms with Crippen LogP contribution in [0.15, 0.2) is 48.5 Å². The Hall–Kier alpha value is -2.29. The van der Waals surface area contributed by atoms with Crippen LogP contribution in [-0.2, 0) is 17.6 Å². The van der Waals surface area contributed by atoms with E-state index in [1.54, 1.807) is 0 Å². The zero-order valence-electron chi connectivity index (χ0n) is 13.0. The topological polar surface area (TPSA) is 46.3 Å². The number of nitrogens with zero attached hydrogens (tertiary/aromatic N) is 1. The molecule has 0 spiro atoms. The summed E-state index contributed by atoms with van der Waals surface area (Å²) in [5.74, 6) is 0.213. The Kier molecular flexibility index (Phi) is 4.14. The average Bonchev–Trinajstić information content (AvgIpc) is 2.54. The molecule has 0 bridgehead atoms. The molecule has 3 nitrogen and oxygen atoms in total. The summed E-state index contributed by atoms with van der Waals surface area (Å²) in [4.78, 5) is 14.6. The van der Waals surface area contributed by atoms with Gasteiger partial charge in [-0.2, -0.15) is 0 Å². The van der Waals surface area contributed by atoms with Crippen LogP contribution in [0.3, 0.4) is 0 Å². The molecular weight excluding hydrogens is 272 g/mol. The molecule has 114 valence electrons. The molecular formula is C19H22N2O. The molecule has 0 fully saturated rings. The van der Waals surface area contributed by atoms with E-state index in [-0.39, 0.29) is 11.9 Å². The molecule has 0 radical (unpaired) electrons. The monoisotopic (exact) mass is 294 g/mol. The van der Waals surface area contributed by atoms with Crippen LogP contribution in [0.1, 0.15) is 36.1 Å². The lowest BCUT2D eigenvalue weighted by molar-refractivity contribution is -0.133. The highest BCUT2D eigenvalue weighted by Crippen LogP contribution is 2.29. The van der Waals surface area contributed by atoms with Gasteiger partial charge in [-0.25, -0.2) is 0 Å². The number of carbonyl (C=O) groups excluding carboxylic acids is 1. The number of benzene rings is 2. The second-order valence-corrected chi connectivity index (χ2v) is 5.91. The Morgan fingerprint density at radius 2 is 1.91 bits per heavy atom. The summed E-state index contributed by atoms with van der Waals surface area (Å²) >= 11 is 0. The van der Waals surface area contributed by atoms with Crippen molar-refractivity contribution in [2.24, 2.45) is 0 Å². The number of hydrogen-bond donors (Lipinski definition) is 1. The maximum Gasteiger partial charge on any atom is 0.223 e. The summed E-state index contributed by atoms with van der Waals surface area (Å²) in [5.41, 5.74) is 10.4. The van der Waals surface area contributed by atoms with Gasteiger partial charge in [0.1, 0.15) is 0 Å². The van der Waals surface area contributed by atoms with Gasteiger partial charge >= 0.3 is 0 Å². The lowest BCUT2D eigenvalue weighted by Gasteiger charge is -2.35. The number of aryl methyl sites for hydroxylation is 1. The molecule has 22 heavy (non-hydrogen) atoms.